The molecule has 0 atom stereocenters. The van der Waals surface area contributed by atoms with E-state index >= 15 is 0 Å². The van der Waals surface area contributed by atoms with Gasteiger partial charge in [0.2, 0.25) is 0 Å². The first-order valence-electron chi connectivity index (χ1n) is 4.47. The normalized spacial score (nSPS) is 8.67. The van der Waals surface area contributed by atoms with E-state index in [9.17, 15) is 0 Å². The summed E-state index contributed by atoms with van der Waals surface area (Å²) in [5.41, 5.74) is 2.38. The number of hydrogen-bond donors (Lipinski definition) is 2. The van der Waals surface area contributed by atoms with Crippen LogP contribution in [0, 0.1) is 0 Å². The van der Waals surface area contributed by atoms with Gasteiger partial charge in [0.15, 0.2) is 0 Å². The SMILES string of the molecule is C.Clc1ccc(Cl)nc1.NNc1ccc(Cl)cn1. The largest absolute Gasteiger partial charge is 0.308 e. The van der Waals surface area contributed by atoms with Crippen molar-refractivity contribution in [1.29, 1.82) is 0 Å². The van der Waals surface area contributed by atoms with E-state index in [-0.39, 0.29) is 7.43 Å². The third kappa shape index (κ3) is 6.61. The van der Waals surface area contributed by atoms with Gasteiger partial charge in [-0.15, -0.1) is 0 Å². The van der Waals surface area contributed by atoms with Crippen molar-refractivity contribution in [2.45, 2.75) is 7.43 Å². The fraction of sp³-hybridized carbons (Fsp3) is 0.0909. The lowest BCUT2D eigenvalue weighted by Crippen LogP contribution is -2.07. The molecule has 2 aromatic heterocycles. The smallest absolute Gasteiger partial charge is 0.139 e. The molecule has 2 heterocycles. The second kappa shape index (κ2) is 8.94. The minimum Gasteiger partial charge on any atom is -0.308 e. The van der Waals surface area contributed by atoms with Crippen LogP contribution in [0.1, 0.15) is 7.43 Å². The van der Waals surface area contributed by atoms with Crippen LogP contribution in [0.15, 0.2) is 36.7 Å². The quantitative estimate of drug-likeness (QED) is 0.474. The summed E-state index contributed by atoms with van der Waals surface area (Å²) < 4.78 is 0. The van der Waals surface area contributed by atoms with Crippen LogP contribution in [0.25, 0.3) is 0 Å². The molecule has 2 aromatic rings. The molecule has 0 aromatic carbocycles. The molecule has 0 aliphatic rings. The fourth-order valence-corrected chi connectivity index (χ4v) is 1.15. The van der Waals surface area contributed by atoms with Crippen molar-refractivity contribution < 1.29 is 0 Å². The highest BCUT2D eigenvalue weighted by molar-refractivity contribution is 6.32. The average Bonchev–Trinajstić information content (AvgIpc) is 2.35. The molecular weight excluding hydrogens is 295 g/mol. The Bertz CT molecular complexity index is 424. The molecule has 0 saturated heterocycles. The molecule has 0 saturated carbocycles. The van der Waals surface area contributed by atoms with Gasteiger partial charge in [-0.1, -0.05) is 42.2 Å². The molecule has 7 heteroatoms. The number of nitrogens with two attached hydrogens (primary N) is 1. The van der Waals surface area contributed by atoms with Crippen LogP contribution in [-0.4, -0.2) is 9.97 Å². The Morgan fingerprint density at radius 2 is 1.44 bits per heavy atom. The van der Waals surface area contributed by atoms with Crippen LogP contribution >= 0.6 is 34.8 Å². The van der Waals surface area contributed by atoms with Gasteiger partial charge in [-0.3, -0.25) is 0 Å². The van der Waals surface area contributed by atoms with Crippen molar-refractivity contribution in [3.8, 4) is 0 Å². The lowest BCUT2D eigenvalue weighted by Gasteiger charge is -1.95. The molecule has 0 spiro atoms. The number of hydrogen-bond acceptors (Lipinski definition) is 4. The predicted molar refractivity (Wildman–Crippen MR) is 78.0 cm³/mol. The van der Waals surface area contributed by atoms with Crippen LogP contribution in [0.4, 0.5) is 5.82 Å². The van der Waals surface area contributed by atoms with Gasteiger partial charge in [-0.25, -0.2) is 15.8 Å². The van der Waals surface area contributed by atoms with Gasteiger partial charge >= 0.3 is 0 Å². The van der Waals surface area contributed by atoms with E-state index in [1.165, 1.54) is 12.4 Å². The van der Waals surface area contributed by atoms with Crippen LogP contribution in [0.3, 0.4) is 0 Å². The second-order valence-corrected chi connectivity index (χ2v) is 4.07. The summed E-state index contributed by atoms with van der Waals surface area (Å²) in [6.45, 7) is 0. The Balaban J connectivity index is 0.000000306. The molecule has 0 amide bonds. The summed E-state index contributed by atoms with van der Waals surface area (Å²) in [5.74, 6) is 5.65. The maximum absolute atomic E-state index is 5.54. The monoisotopic (exact) mass is 306 g/mol. The van der Waals surface area contributed by atoms with Crippen LogP contribution in [-0.2, 0) is 0 Å². The van der Waals surface area contributed by atoms with E-state index < -0.39 is 0 Å². The van der Waals surface area contributed by atoms with Crippen molar-refractivity contribution in [2.24, 2.45) is 5.84 Å². The minimum absolute atomic E-state index is 0. The predicted octanol–water partition coefficient (Wildman–Crippen LogP) is 4.05. The average molecular weight is 308 g/mol. The molecule has 0 fully saturated rings. The highest BCUT2D eigenvalue weighted by atomic mass is 35.5. The zero-order valence-corrected chi connectivity index (χ0v) is 10.8. The van der Waals surface area contributed by atoms with Crippen molar-refractivity contribution in [2.75, 3.05) is 5.43 Å². The Labute approximate surface area is 121 Å². The third-order valence-corrected chi connectivity index (χ3v) is 2.24. The number of hydrazine groups is 1. The summed E-state index contributed by atoms with van der Waals surface area (Å²) in [6, 6.07) is 6.74. The molecule has 0 aliphatic heterocycles. The van der Waals surface area contributed by atoms with Gasteiger partial charge < -0.3 is 5.43 Å². The van der Waals surface area contributed by atoms with Gasteiger partial charge in [0.1, 0.15) is 11.0 Å². The molecule has 0 radical (unpaired) electrons. The number of aromatic nitrogens is 2. The maximum Gasteiger partial charge on any atom is 0.139 e. The highest BCUT2D eigenvalue weighted by Gasteiger charge is 1.87. The van der Waals surface area contributed by atoms with E-state index in [4.69, 9.17) is 40.6 Å². The van der Waals surface area contributed by atoms with Crippen LogP contribution in [0.2, 0.25) is 15.2 Å². The summed E-state index contributed by atoms with van der Waals surface area (Å²) in [7, 11) is 0. The van der Waals surface area contributed by atoms with Crippen LogP contribution < -0.4 is 11.3 Å². The summed E-state index contributed by atoms with van der Waals surface area (Å²) >= 11 is 16.5. The fourth-order valence-electron chi connectivity index (χ4n) is 0.819. The van der Waals surface area contributed by atoms with E-state index in [0.717, 1.165) is 0 Å². The van der Waals surface area contributed by atoms with Gasteiger partial charge in [-0.05, 0) is 24.3 Å². The van der Waals surface area contributed by atoms with Gasteiger partial charge in [0, 0.05) is 12.4 Å². The third-order valence-electron chi connectivity index (χ3n) is 1.57. The van der Waals surface area contributed by atoms with Crippen molar-refractivity contribution in [3.05, 3.63) is 51.9 Å². The van der Waals surface area contributed by atoms with E-state index in [1.54, 1.807) is 24.3 Å². The van der Waals surface area contributed by atoms with Crippen molar-refractivity contribution >= 4 is 40.6 Å². The molecule has 4 nitrogen and oxygen atoms in total. The number of anilines is 1. The first-order chi connectivity index (χ1) is 8.11. The number of pyridine rings is 2. The zero-order valence-electron chi connectivity index (χ0n) is 8.57. The zero-order chi connectivity index (χ0) is 12.7. The van der Waals surface area contributed by atoms with Gasteiger partial charge in [0.05, 0.1) is 10.0 Å². The topological polar surface area (TPSA) is 63.8 Å². The lowest BCUT2D eigenvalue weighted by molar-refractivity contribution is 1.23. The lowest BCUT2D eigenvalue weighted by atomic mass is 10.5. The molecule has 0 aliphatic carbocycles. The summed E-state index contributed by atoms with van der Waals surface area (Å²) in [5, 5.41) is 1.68. The second-order valence-electron chi connectivity index (χ2n) is 2.81. The molecule has 0 bridgehead atoms. The Morgan fingerprint density at radius 1 is 0.889 bits per heavy atom. The summed E-state index contributed by atoms with van der Waals surface area (Å²) in [4.78, 5) is 7.54. The van der Waals surface area contributed by atoms with Crippen molar-refractivity contribution in [1.82, 2.24) is 9.97 Å². The molecule has 0 unspecified atom stereocenters. The van der Waals surface area contributed by atoms with Crippen molar-refractivity contribution in [3.63, 3.8) is 0 Å². The standard InChI is InChI=1S/C5H3Cl2N.C5H6ClN3.CH4/c6-4-1-2-5(7)8-3-4;6-4-1-2-5(9-7)8-3-4;/h1-3H;1-3H,7H2,(H,8,9);1H4. The molecule has 2 rings (SSSR count). The van der Waals surface area contributed by atoms with Gasteiger partial charge in [0.25, 0.3) is 0 Å². The highest BCUT2D eigenvalue weighted by Crippen LogP contribution is 2.09. The number of halogens is 3. The molecule has 3 N–H and O–H groups in total. The number of nitrogens with zero attached hydrogens (tertiary/aromatic N) is 2. The Kier molecular flexibility index (Phi) is 8.41. The van der Waals surface area contributed by atoms with E-state index in [1.807, 2.05) is 0 Å². The molecule has 18 heavy (non-hydrogen) atoms. The van der Waals surface area contributed by atoms with Gasteiger partial charge in [-0.2, -0.15) is 0 Å². The van der Waals surface area contributed by atoms with E-state index in [2.05, 4.69) is 15.4 Å². The minimum atomic E-state index is 0. The number of nitrogens with one attached hydrogen (secondary N) is 1. The molecule has 98 valence electrons. The Morgan fingerprint density at radius 3 is 1.78 bits per heavy atom. The molecular formula is C11H13Cl3N4. The first-order valence-corrected chi connectivity index (χ1v) is 5.60. The van der Waals surface area contributed by atoms with E-state index in [0.29, 0.717) is 21.0 Å². The number of rotatable bonds is 1. The summed E-state index contributed by atoms with van der Waals surface area (Å²) in [6.07, 6.45) is 3.03. The number of nitrogen functional groups attached to an aromatic ring is 1. The first kappa shape index (κ1) is 16.9. The Hall–Kier alpha value is -1.07. The van der Waals surface area contributed by atoms with Crippen LogP contribution in [0.5, 0.6) is 0 Å². The maximum atomic E-state index is 5.54.